The maximum atomic E-state index is 2.44. The van der Waals surface area contributed by atoms with E-state index in [4.69, 9.17) is 0 Å². The smallest absolute Gasteiger partial charge is 1.00 e. The van der Waals surface area contributed by atoms with Gasteiger partial charge in [-0.15, -0.1) is 5.19 Å². The molecule has 0 N–H and O–H groups in total. The Morgan fingerprint density at radius 2 is 0.750 bits per heavy atom. The van der Waals surface area contributed by atoms with Gasteiger partial charge in [0.25, 0.3) is 0 Å². The van der Waals surface area contributed by atoms with E-state index in [1.807, 2.05) is 0 Å². The second-order valence-corrected chi connectivity index (χ2v) is 14.1. The zero-order valence-electron chi connectivity index (χ0n) is 24.2. The molecule has 0 saturated heterocycles. The Kier molecular flexibility index (Phi) is 19.3. The Hall–Kier alpha value is -1.19. The molecular weight excluding hydrogens is 603 g/mol. The Balaban J connectivity index is 0.00000380. The fourth-order valence-corrected chi connectivity index (χ4v) is 10.2. The van der Waals surface area contributed by atoms with Crippen LogP contribution in [0.2, 0.25) is 0 Å². The summed E-state index contributed by atoms with van der Waals surface area (Å²) in [5.41, 5.74) is 4.36. The Labute approximate surface area is 278 Å². The number of hydrogen-bond acceptors (Lipinski definition) is 0. The van der Waals surface area contributed by atoms with Gasteiger partial charge in [0.05, 0.1) is 0 Å². The van der Waals surface area contributed by atoms with Gasteiger partial charge in [0.1, 0.15) is 8.07 Å². The number of rotatable bonds is 13. The van der Waals surface area contributed by atoms with E-state index in [-0.39, 0.29) is 58.9 Å². The van der Waals surface area contributed by atoms with Gasteiger partial charge in [-0.2, -0.15) is 12.1 Å². The van der Waals surface area contributed by atoms with E-state index >= 15 is 0 Å². The van der Waals surface area contributed by atoms with Crippen molar-refractivity contribution >= 4 is 28.8 Å². The summed E-state index contributed by atoms with van der Waals surface area (Å²) in [6.45, 7) is 6.82. The summed E-state index contributed by atoms with van der Waals surface area (Å²) in [5.74, 6) is 0. The second kappa shape index (κ2) is 19.8. The van der Waals surface area contributed by atoms with Gasteiger partial charge in [-0.1, -0.05) is 128 Å². The normalized spacial score (nSPS) is 10.5. The van der Waals surface area contributed by atoms with E-state index < -0.39 is 8.07 Å². The van der Waals surface area contributed by atoms with E-state index in [0.717, 1.165) is 0 Å². The van der Waals surface area contributed by atoms with Gasteiger partial charge in [0.15, 0.2) is 0 Å². The topological polar surface area (TPSA) is 0 Å². The molecule has 0 spiro atoms. The van der Waals surface area contributed by atoms with Crippen molar-refractivity contribution in [3.63, 3.8) is 0 Å². The maximum absolute atomic E-state index is 2.44. The van der Waals surface area contributed by atoms with Gasteiger partial charge in [0.2, 0.25) is 0 Å². The summed E-state index contributed by atoms with van der Waals surface area (Å²) >= 11 is 0. The zero-order valence-corrected chi connectivity index (χ0v) is 29.1. The first-order valence-corrected chi connectivity index (χ1v) is 16.2. The van der Waals surface area contributed by atoms with Crippen LogP contribution in [0, 0.1) is 0 Å². The maximum Gasteiger partial charge on any atom is 4.00 e. The molecule has 40 heavy (non-hydrogen) atoms. The zero-order chi connectivity index (χ0) is 25.2. The van der Waals surface area contributed by atoms with Crippen LogP contribution in [-0.2, 0) is 41.0 Å². The molecule has 0 bridgehead atoms. The molecule has 212 valence electrons. The average molecular weight is 646 g/mol. The van der Waals surface area contributed by atoms with Gasteiger partial charge >= 0.3 is 21.7 Å². The molecule has 0 aliphatic carbocycles. The molecule has 5 heteroatoms. The van der Waals surface area contributed by atoms with Crippen LogP contribution in [0.1, 0.15) is 76.0 Å². The summed E-state index contributed by atoms with van der Waals surface area (Å²) in [7, 11) is -2.41. The molecule has 0 aliphatic rings. The average Bonchev–Trinajstić information content (AvgIpc) is 3.47. The van der Waals surface area contributed by atoms with Crippen molar-refractivity contribution in [2.75, 3.05) is 0 Å². The molecule has 0 nitrogen and oxygen atoms in total. The van der Waals surface area contributed by atoms with Crippen LogP contribution in [-0.4, -0.2) is 8.07 Å². The third-order valence-corrected chi connectivity index (χ3v) is 12.5. The SMILES string of the molecule is CCCCc1ccc([Si](c2ccc(CCCC)cc2)(c2ccc(CCCC)cc2)[c-]2cccc2)cc1.[Cl-].[Cl-].[Cl-].[Ti+4]. The molecule has 4 rings (SSSR count). The molecule has 0 fully saturated rings. The number of aryl methyl sites for hydroxylation is 3. The van der Waals surface area contributed by atoms with Crippen molar-refractivity contribution in [3.05, 3.63) is 114 Å². The van der Waals surface area contributed by atoms with Crippen LogP contribution in [0.25, 0.3) is 0 Å². The van der Waals surface area contributed by atoms with Crippen LogP contribution >= 0.6 is 0 Å². The van der Waals surface area contributed by atoms with E-state index in [9.17, 15) is 0 Å². The number of benzene rings is 3. The Morgan fingerprint density at radius 1 is 0.475 bits per heavy atom. The van der Waals surface area contributed by atoms with Crippen LogP contribution in [0.4, 0.5) is 0 Å². The summed E-state index contributed by atoms with van der Waals surface area (Å²) in [6, 6.07) is 38.2. The molecule has 0 unspecified atom stereocenters. The largest absolute Gasteiger partial charge is 4.00 e. The first-order valence-electron chi connectivity index (χ1n) is 14.2. The predicted octanol–water partition coefficient (Wildman–Crippen LogP) is -2.18. The van der Waals surface area contributed by atoms with Crippen molar-refractivity contribution < 1.29 is 58.9 Å². The molecule has 0 amide bonds. The third-order valence-electron chi connectivity index (χ3n) is 7.71. The van der Waals surface area contributed by atoms with Crippen molar-refractivity contribution in [1.29, 1.82) is 0 Å². The van der Waals surface area contributed by atoms with Gasteiger partial charge in [-0.3, -0.25) is 0 Å². The minimum absolute atomic E-state index is 0. The summed E-state index contributed by atoms with van der Waals surface area (Å²) in [6.07, 6.45) is 11.0. The molecule has 0 radical (unpaired) electrons. The predicted molar refractivity (Wildman–Crippen MR) is 161 cm³/mol. The van der Waals surface area contributed by atoms with E-state index in [1.54, 1.807) is 0 Å². The van der Waals surface area contributed by atoms with Gasteiger partial charge < -0.3 is 37.2 Å². The molecule has 0 aliphatic heterocycles. The second-order valence-electron chi connectivity index (χ2n) is 10.3. The standard InChI is InChI=1S/C35H43Si.3ClH.Ti/c1-4-7-12-29-17-23-33(24-18-29)36(32-15-10-11-16-32,34-25-19-30(20-26-34)13-8-5-2)35-27-21-31(22-28-35)14-9-6-3;;;;/h10-11,15-28H,4-9,12-14H2,1-3H3;3*1H;/q-1;;;;+4/p-3. The first kappa shape index (κ1) is 38.8. The summed E-state index contributed by atoms with van der Waals surface area (Å²) < 4.78 is 0. The van der Waals surface area contributed by atoms with Crippen LogP contribution in [0.5, 0.6) is 0 Å². The van der Waals surface area contributed by atoms with E-state index in [0.29, 0.717) is 0 Å². The minimum atomic E-state index is -2.41. The Bertz CT molecular complexity index is 1050. The molecular formula is C35H43Cl3SiTi. The first-order chi connectivity index (χ1) is 17.7. The number of unbranched alkanes of at least 4 members (excludes halogenated alkanes) is 3. The number of halogens is 3. The van der Waals surface area contributed by atoms with Gasteiger partial charge in [0, 0.05) is 0 Å². The van der Waals surface area contributed by atoms with Gasteiger partial charge in [-0.25, -0.2) is 12.1 Å². The quantitative estimate of drug-likeness (QED) is 0.0883. The molecule has 4 aromatic carbocycles. The summed E-state index contributed by atoms with van der Waals surface area (Å²) in [4.78, 5) is 0. The van der Waals surface area contributed by atoms with Gasteiger partial charge in [-0.05, 0) is 55.2 Å². The molecule has 0 aromatic heterocycles. The fourth-order valence-electron chi connectivity index (χ4n) is 5.53. The van der Waals surface area contributed by atoms with Crippen molar-refractivity contribution in [1.82, 2.24) is 0 Å². The van der Waals surface area contributed by atoms with Crippen LogP contribution in [0.3, 0.4) is 0 Å². The Morgan fingerprint density at radius 3 is 1.00 bits per heavy atom. The molecule has 0 saturated carbocycles. The molecule has 0 atom stereocenters. The minimum Gasteiger partial charge on any atom is -1.00 e. The fraction of sp³-hybridized carbons (Fsp3) is 0.343. The third kappa shape index (κ3) is 9.15. The van der Waals surface area contributed by atoms with E-state index in [1.165, 1.54) is 95.2 Å². The van der Waals surface area contributed by atoms with Crippen molar-refractivity contribution in [2.45, 2.75) is 78.6 Å². The van der Waals surface area contributed by atoms with Crippen molar-refractivity contribution in [3.8, 4) is 0 Å². The monoisotopic (exact) mass is 644 g/mol. The van der Waals surface area contributed by atoms with Crippen LogP contribution < -0.4 is 58.0 Å². The number of hydrogen-bond donors (Lipinski definition) is 0. The molecule has 4 aromatic rings. The molecule has 0 heterocycles. The summed E-state index contributed by atoms with van der Waals surface area (Å²) in [5, 5.41) is 5.93. The van der Waals surface area contributed by atoms with Crippen molar-refractivity contribution in [2.24, 2.45) is 0 Å². The van der Waals surface area contributed by atoms with Crippen LogP contribution in [0.15, 0.2) is 97.1 Å². The van der Waals surface area contributed by atoms with E-state index in [2.05, 4.69) is 118 Å².